The monoisotopic (exact) mass is 795 g/mol. The Labute approximate surface area is 361 Å². The van der Waals surface area contributed by atoms with E-state index in [9.17, 15) is 0 Å². The zero-order valence-corrected chi connectivity index (χ0v) is 33.9. The molecule has 9 aromatic rings. The Bertz CT molecular complexity index is 3140. The van der Waals surface area contributed by atoms with Crippen LogP contribution in [0.25, 0.3) is 27.8 Å². The second kappa shape index (κ2) is 14.9. The van der Waals surface area contributed by atoms with Crippen LogP contribution in [0.2, 0.25) is 0 Å². The fourth-order valence-electron chi connectivity index (χ4n) is 9.76. The van der Waals surface area contributed by atoms with E-state index in [0.29, 0.717) is 5.95 Å². The fraction of sp³-hybridized carbons (Fsp3) is 0.0189. The van der Waals surface area contributed by atoms with E-state index >= 15 is 0 Å². The van der Waals surface area contributed by atoms with E-state index in [2.05, 4.69) is 230 Å². The minimum Gasteiger partial charge on any atom is -0.363 e. The van der Waals surface area contributed by atoms with Gasteiger partial charge in [0.1, 0.15) is 0 Å². The number of anilines is 7. The van der Waals surface area contributed by atoms with Crippen molar-refractivity contribution >= 4 is 86.5 Å². The van der Waals surface area contributed by atoms with Gasteiger partial charge in [0.15, 0.2) is 0 Å². The summed E-state index contributed by atoms with van der Waals surface area (Å²) in [6.45, 7) is -0.334. The number of aromatic nitrogens is 3. The first kappa shape index (κ1) is 35.9. The van der Waals surface area contributed by atoms with Crippen molar-refractivity contribution < 1.29 is 0 Å². The van der Waals surface area contributed by atoms with E-state index in [-0.39, 0.29) is 14.0 Å². The zero-order chi connectivity index (χ0) is 41.0. The highest BCUT2D eigenvalue weighted by molar-refractivity contribution is 6.85. The standard InChI is InChI=1S/C53H39B2N7/c1-2-7-20-41(19-6-1)59-49-27-14-15-28-50(49)60(42-21-8-3-9-22-42)54(59)39-31-33-47-45(37-39)46-38-40(32-34-48(46)58(47)53-56-35-18-36-57-53)55-61(43-23-10-4-11-24-43)51-29-16-17-30-52(51)62(55)44-25-12-5-13-26-44/h1-19,21-38H,20H2. The van der Waals surface area contributed by atoms with Crippen molar-refractivity contribution in [3.05, 3.63) is 230 Å². The van der Waals surface area contributed by atoms with Gasteiger partial charge in [-0.1, -0.05) is 127 Å². The summed E-state index contributed by atoms with van der Waals surface area (Å²) >= 11 is 0. The van der Waals surface area contributed by atoms with Crippen LogP contribution in [0.1, 0.15) is 6.42 Å². The van der Waals surface area contributed by atoms with Crippen molar-refractivity contribution in [2.75, 3.05) is 19.2 Å². The van der Waals surface area contributed by atoms with Gasteiger partial charge >= 0.3 is 14.0 Å². The van der Waals surface area contributed by atoms with Gasteiger partial charge in [-0.2, -0.15) is 0 Å². The predicted molar refractivity (Wildman–Crippen MR) is 259 cm³/mol. The lowest BCUT2D eigenvalue weighted by Crippen LogP contribution is -2.54. The van der Waals surface area contributed by atoms with Crippen LogP contribution in [0, 0.1) is 0 Å². The molecule has 0 spiro atoms. The molecule has 62 heavy (non-hydrogen) atoms. The minimum absolute atomic E-state index is 0.161. The van der Waals surface area contributed by atoms with E-state index in [0.717, 1.165) is 56.7 Å². The van der Waals surface area contributed by atoms with Gasteiger partial charge in [-0.05, 0) is 95.9 Å². The largest absolute Gasteiger partial charge is 0.420 e. The van der Waals surface area contributed by atoms with E-state index in [4.69, 9.17) is 9.97 Å². The first-order valence-corrected chi connectivity index (χ1v) is 21.2. The number of rotatable bonds is 7. The van der Waals surface area contributed by atoms with Gasteiger partial charge in [0.05, 0.1) is 33.8 Å². The van der Waals surface area contributed by atoms with Crippen LogP contribution in [0.15, 0.2) is 230 Å². The first-order valence-electron chi connectivity index (χ1n) is 21.2. The lowest BCUT2D eigenvalue weighted by Gasteiger charge is -2.31. The van der Waals surface area contributed by atoms with E-state index in [1.54, 1.807) is 0 Å². The molecule has 0 saturated carbocycles. The molecule has 0 unspecified atom stereocenters. The number of para-hydroxylation sites is 7. The van der Waals surface area contributed by atoms with Crippen LogP contribution in [0.3, 0.4) is 0 Å². The summed E-state index contributed by atoms with van der Waals surface area (Å²) < 4.78 is 2.21. The molecule has 0 N–H and O–H groups in total. The van der Waals surface area contributed by atoms with Crippen LogP contribution in [-0.4, -0.2) is 28.5 Å². The topological polar surface area (TPSA) is 43.7 Å². The normalized spacial score (nSPS) is 14.5. The maximum Gasteiger partial charge on any atom is 0.420 e. The van der Waals surface area contributed by atoms with Gasteiger partial charge in [0.25, 0.3) is 0 Å². The Balaban J connectivity index is 1.10. The van der Waals surface area contributed by atoms with Crippen LogP contribution < -0.4 is 30.2 Å². The number of allylic oxidation sites excluding steroid dienone is 5. The molecule has 0 atom stereocenters. The molecule has 0 saturated heterocycles. The van der Waals surface area contributed by atoms with Crippen LogP contribution >= 0.6 is 0 Å². The lowest BCUT2D eigenvalue weighted by molar-refractivity contribution is 0.988. The molecule has 1 aliphatic carbocycles. The molecule has 0 amide bonds. The van der Waals surface area contributed by atoms with Crippen molar-refractivity contribution in [2.24, 2.45) is 0 Å². The first-order chi connectivity index (χ1) is 30.8. The molecular weight excluding hydrogens is 756 g/mol. The van der Waals surface area contributed by atoms with Gasteiger partial charge in [-0.25, -0.2) is 9.97 Å². The van der Waals surface area contributed by atoms with Crippen LogP contribution in [0.5, 0.6) is 0 Å². The van der Waals surface area contributed by atoms with Gasteiger partial charge in [0.2, 0.25) is 5.95 Å². The van der Waals surface area contributed by atoms with Crippen molar-refractivity contribution in [1.82, 2.24) is 14.5 Å². The molecule has 12 rings (SSSR count). The smallest absolute Gasteiger partial charge is 0.363 e. The lowest BCUT2D eigenvalue weighted by atomic mass is 9.63. The van der Waals surface area contributed by atoms with Crippen molar-refractivity contribution in [2.45, 2.75) is 6.42 Å². The van der Waals surface area contributed by atoms with Crippen LogP contribution in [-0.2, 0) is 0 Å². The summed E-state index contributed by atoms with van der Waals surface area (Å²) in [4.78, 5) is 19.6. The third kappa shape index (κ3) is 5.77. The summed E-state index contributed by atoms with van der Waals surface area (Å²) in [5, 5.41) is 2.27. The molecule has 3 aliphatic rings. The number of hydrogen-bond donors (Lipinski definition) is 0. The van der Waals surface area contributed by atoms with Crippen molar-refractivity contribution in [3.8, 4) is 5.95 Å². The fourth-order valence-corrected chi connectivity index (χ4v) is 9.76. The Hall–Kier alpha value is -8.03. The molecule has 0 bridgehead atoms. The van der Waals surface area contributed by atoms with E-state index in [1.165, 1.54) is 28.0 Å². The summed E-state index contributed by atoms with van der Waals surface area (Å²) in [5.74, 6) is 0.640. The molecule has 9 heteroatoms. The molecule has 4 heterocycles. The molecule has 0 radical (unpaired) electrons. The number of hydrogen-bond acceptors (Lipinski definition) is 6. The third-order valence-corrected chi connectivity index (χ3v) is 12.3. The third-order valence-electron chi connectivity index (χ3n) is 12.3. The van der Waals surface area contributed by atoms with Gasteiger partial charge in [-0.15, -0.1) is 0 Å². The molecule has 7 nitrogen and oxygen atoms in total. The maximum absolute atomic E-state index is 4.81. The van der Waals surface area contributed by atoms with E-state index < -0.39 is 0 Å². The summed E-state index contributed by atoms with van der Waals surface area (Å²) in [7, 11) is 0. The highest BCUT2D eigenvalue weighted by Gasteiger charge is 2.45. The summed E-state index contributed by atoms with van der Waals surface area (Å²) in [6.07, 6.45) is 15.4. The molecule has 0 fully saturated rings. The highest BCUT2D eigenvalue weighted by atomic mass is 15.3. The Morgan fingerprint density at radius 3 is 1.32 bits per heavy atom. The van der Waals surface area contributed by atoms with Crippen molar-refractivity contribution in [3.63, 3.8) is 0 Å². The zero-order valence-electron chi connectivity index (χ0n) is 33.9. The average Bonchev–Trinajstić information content (AvgIpc) is 3.89. The Kier molecular flexibility index (Phi) is 8.62. The SMILES string of the molecule is C1=CC=C(N2B(c3ccc4c(c3)c3cc(B5N(c6ccccc6)c6ccccc6N5c5ccccc5)ccc3n4-c3ncccn3)N(c3ccccc3)c3ccccc32)CC=C1. The Morgan fingerprint density at radius 2 is 0.839 bits per heavy atom. The van der Waals surface area contributed by atoms with Crippen molar-refractivity contribution in [1.29, 1.82) is 0 Å². The average molecular weight is 796 g/mol. The predicted octanol–water partition coefficient (Wildman–Crippen LogP) is 11.0. The van der Waals surface area contributed by atoms with Gasteiger partial charge in [-0.3, -0.25) is 4.57 Å². The van der Waals surface area contributed by atoms with Crippen LogP contribution in [0.4, 0.5) is 39.8 Å². The molecule has 7 aromatic carbocycles. The Morgan fingerprint density at radius 1 is 0.403 bits per heavy atom. The maximum atomic E-state index is 4.81. The number of fused-ring (bicyclic) bond motifs is 5. The second-order valence-corrected chi connectivity index (χ2v) is 15.8. The summed E-state index contributed by atoms with van der Waals surface area (Å²) in [6, 6.07) is 65.6. The van der Waals surface area contributed by atoms with Gasteiger partial charge in [0, 0.05) is 52.3 Å². The highest BCUT2D eigenvalue weighted by Crippen LogP contribution is 2.47. The summed E-state index contributed by atoms with van der Waals surface area (Å²) in [5.41, 5.74) is 13.8. The minimum atomic E-state index is -0.173. The molecule has 292 valence electrons. The molecule has 2 aromatic heterocycles. The molecule has 2 aliphatic heterocycles. The quantitative estimate of drug-likeness (QED) is 0.150. The number of benzene rings is 7. The van der Waals surface area contributed by atoms with E-state index in [1.807, 2.05) is 18.5 Å². The van der Waals surface area contributed by atoms with Gasteiger partial charge < -0.3 is 19.2 Å². The second-order valence-electron chi connectivity index (χ2n) is 15.8. The number of nitrogens with zero attached hydrogens (tertiary/aromatic N) is 7. The molecular formula is C53H39B2N7.